The van der Waals surface area contributed by atoms with E-state index >= 15 is 0 Å². The van der Waals surface area contributed by atoms with Crippen molar-refractivity contribution in [2.45, 2.75) is 63.0 Å². The number of nitrogens with zero attached hydrogens (tertiary/aromatic N) is 4. The Morgan fingerprint density at radius 2 is 1.79 bits per heavy atom. The number of ether oxygens (including phenoxy) is 1. The van der Waals surface area contributed by atoms with Gasteiger partial charge in [0.1, 0.15) is 11.6 Å². The van der Waals surface area contributed by atoms with Gasteiger partial charge in [-0.1, -0.05) is 12.1 Å². The maximum absolute atomic E-state index is 12.7. The van der Waals surface area contributed by atoms with Crippen molar-refractivity contribution in [3.8, 4) is 0 Å². The van der Waals surface area contributed by atoms with E-state index in [1.807, 2.05) is 0 Å². The van der Waals surface area contributed by atoms with Crippen LogP contribution in [0, 0.1) is 5.92 Å². The van der Waals surface area contributed by atoms with E-state index in [1.165, 1.54) is 12.1 Å². The fraction of sp³-hybridized carbons (Fsp3) is 0.680. The number of benzene rings is 1. The van der Waals surface area contributed by atoms with Gasteiger partial charge in [-0.15, -0.1) is 10.2 Å². The molecule has 0 bridgehead atoms. The van der Waals surface area contributed by atoms with Gasteiger partial charge in [0.15, 0.2) is 0 Å². The molecule has 2 atom stereocenters. The lowest BCUT2D eigenvalue weighted by Gasteiger charge is -2.21. The van der Waals surface area contributed by atoms with Crippen LogP contribution < -0.4 is 0 Å². The summed E-state index contributed by atoms with van der Waals surface area (Å²) in [6, 6.07) is 5.72. The molecule has 0 amide bonds. The van der Waals surface area contributed by atoms with Gasteiger partial charge in [0.05, 0.1) is 5.56 Å². The Hall–Kier alpha value is -1.93. The highest BCUT2D eigenvalue weighted by Crippen LogP contribution is 2.49. The van der Waals surface area contributed by atoms with E-state index in [0.29, 0.717) is 17.8 Å². The third kappa shape index (κ3) is 6.35. The Bertz CT molecular complexity index is 890. The molecule has 0 spiro atoms. The predicted molar refractivity (Wildman–Crippen MR) is 121 cm³/mol. The third-order valence-electron chi connectivity index (χ3n) is 7.25. The summed E-state index contributed by atoms with van der Waals surface area (Å²) < 4.78 is 45.8. The monoisotopic (exact) mass is 464 g/mol. The van der Waals surface area contributed by atoms with Crippen molar-refractivity contribution < 1.29 is 17.9 Å². The summed E-state index contributed by atoms with van der Waals surface area (Å²) in [7, 11) is 4.23. The molecule has 1 saturated heterocycles. The molecule has 1 aromatic heterocycles. The largest absolute Gasteiger partial charge is 0.416 e. The van der Waals surface area contributed by atoms with Gasteiger partial charge >= 0.3 is 6.18 Å². The minimum absolute atomic E-state index is 0.418. The van der Waals surface area contributed by atoms with Crippen molar-refractivity contribution in [1.29, 1.82) is 0 Å². The molecule has 5 nitrogen and oxygen atoms in total. The first-order valence-corrected chi connectivity index (χ1v) is 12.1. The van der Waals surface area contributed by atoms with Crippen molar-refractivity contribution in [2.24, 2.45) is 13.0 Å². The second kappa shape index (κ2) is 10.6. The van der Waals surface area contributed by atoms with Gasteiger partial charge in [-0.05, 0) is 88.2 Å². The van der Waals surface area contributed by atoms with Crippen LogP contribution in [-0.2, 0) is 24.4 Å². The molecule has 33 heavy (non-hydrogen) atoms. The molecular formula is C25H35F3N4O. The fourth-order valence-electron chi connectivity index (χ4n) is 4.96. The summed E-state index contributed by atoms with van der Waals surface area (Å²) in [5.74, 6) is 3.63. The molecular weight excluding hydrogens is 429 g/mol. The molecule has 0 radical (unpaired) electrons. The number of unbranched alkanes of at least 4 members (excludes halogenated alkanes) is 1. The van der Waals surface area contributed by atoms with Crippen LogP contribution in [0.3, 0.4) is 0 Å². The molecule has 1 aliphatic heterocycles. The van der Waals surface area contributed by atoms with Crippen LogP contribution >= 0.6 is 0 Å². The van der Waals surface area contributed by atoms with Gasteiger partial charge in [-0.25, -0.2) is 0 Å². The van der Waals surface area contributed by atoms with Crippen molar-refractivity contribution in [3.05, 3.63) is 47.0 Å². The Kier molecular flexibility index (Phi) is 7.74. The average Bonchev–Trinajstić information content (AvgIpc) is 3.50. The first-order valence-electron chi connectivity index (χ1n) is 12.1. The highest BCUT2D eigenvalue weighted by Gasteiger charge is 2.38. The van der Waals surface area contributed by atoms with Gasteiger partial charge in [-0.2, -0.15) is 13.2 Å². The minimum atomic E-state index is -4.26. The van der Waals surface area contributed by atoms with Crippen LogP contribution in [0.15, 0.2) is 24.3 Å². The van der Waals surface area contributed by atoms with E-state index in [-0.39, 0.29) is 0 Å². The van der Waals surface area contributed by atoms with E-state index in [4.69, 9.17) is 4.74 Å². The van der Waals surface area contributed by atoms with E-state index in [2.05, 4.69) is 33.8 Å². The predicted octanol–water partition coefficient (Wildman–Crippen LogP) is 5.18. The van der Waals surface area contributed by atoms with Crippen LogP contribution in [0.4, 0.5) is 13.2 Å². The highest BCUT2D eigenvalue weighted by atomic mass is 19.4. The SMILES string of the molecule is CN(CCCCc1nnc(C2CCOCC2)n1C)CCC1CC1c1ccc(C(F)(F)F)cc1. The quantitative estimate of drug-likeness (QED) is 0.455. The average molecular weight is 465 g/mol. The van der Waals surface area contributed by atoms with E-state index in [0.717, 1.165) is 88.5 Å². The minimum Gasteiger partial charge on any atom is -0.381 e. The summed E-state index contributed by atoms with van der Waals surface area (Å²) in [6.45, 7) is 3.69. The highest BCUT2D eigenvalue weighted by molar-refractivity contribution is 5.30. The van der Waals surface area contributed by atoms with Crippen molar-refractivity contribution >= 4 is 0 Å². The first-order chi connectivity index (χ1) is 15.8. The topological polar surface area (TPSA) is 43.2 Å². The molecule has 2 fully saturated rings. The lowest BCUT2D eigenvalue weighted by atomic mass is 9.99. The standard InChI is InChI=1S/C25H35F3N4O/c1-31(14-10-20-17-22(20)18-6-8-21(9-7-18)25(26,27)28)13-4-3-5-23-29-30-24(32(23)2)19-11-15-33-16-12-19/h6-9,19-20,22H,3-5,10-17H2,1-2H3. The van der Waals surface area contributed by atoms with Crippen LogP contribution in [0.1, 0.15) is 73.1 Å². The summed E-state index contributed by atoms with van der Waals surface area (Å²) in [5, 5.41) is 8.88. The Morgan fingerprint density at radius 1 is 1.06 bits per heavy atom. The molecule has 2 aromatic rings. The normalized spacial score (nSPS) is 21.6. The second-order valence-corrected chi connectivity index (χ2v) is 9.69. The zero-order valence-corrected chi connectivity index (χ0v) is 19.7. The number of hydrogen-bond acceptors (Lipinski definition) is 4. The van der Waals surface area contributed by atoms with Crippen LogP contribution in [0.5, 0.6) is 0 Å². The number of halogens is 3. The number of alkyl halides is 3. The Morgan fingerprint density at radius 3 is 2.48 bits per heavy atom. The number of hydrogen-bond donors (Lipinski definition) is 0. The maximum Gasteiger partial charge on any atom is 0.416 e. The van der Waals surface area contributed by atoms with E-state index < -0.39 is 11.7 Å². The summed E-state index contributed by atoms with van der Waals surface area (Å²) in [4.78, 5) is 2.37. The summed E-state index contributed by atoms with van der Waals surface area (Å²) >= 11 is 0. The molecule has 1 saturated carbocycles. The number of rotatable bonds is 10. The number of aryl methyl sites for hydroxylation is 1. The maximum atomic E-state index is 12.7. The van der Waals surface area contributed by atoms with Crippen LogP contribution in [0.25, 0.3) is 0 Å². The zero-order chi connectivity index (χ0) is 23.4. The summed E-state index contributed by atoms with van der Waals surface area (Å²) in [6.07, 6.45) is 3.11. The fourth-order valence-corrected chi connectivity index (χ4v) is 4.96. The number of aromatic nitrogens is 3. The molecule has 0 N–H and O–H groups in total. The summed E-state index contributed by atoms with van der Waals surface area (Å²) in [5.41, 5.74) is 0.476. The van der Waals surface area contributed by atoms with E-state index in [9.17, 15) is 13.2 Å². The molecule has 1 aliphatic carbocycles. The zero-order valence-electron chi connectivity index (χ0n) is 19.7. The lowest BCUT2D eigenvalue weighted by Crippen LogP contribution is -2.21. The molecule has 2 unspecified atom stereocenters. The molecule has 4 rings (SSSR count). The molecule has 182 valence electrons. The molecule has 1 aromatic carbocycles. The van der Waals surface area contributed by atoms with Gasteiger partial charge in [0.25, 0.3) is 0 Å². The third-order valence-corrected chi connectivity index (χ3v) is 7.25. The van der Waals surface area contributed by atoms with Gasteiger partial charge in [-0.3, -0.25) is 0 Å². The lowest BCUT2D eigenvalue weighted by molar-refractivity contribution is -0.137. The van der Waals surface area contributed by atoms with Gasteiger partial charge in [0.2, 0.25) is 0 Å². The molecule has 2 heterocycles. The Labute approximate surface area is 194 Å². The van der Waals surface area contributed by atoms with Crippen molar-refractivity contribution in [3.63, 3.8) is 0 Å². The smallest absolute Gasteiger partial charge is 0.381 e. The van der Waals surface area contributed by atoms with Crippen molar-refractivity contribution in [2.75, 3.05) is 33.4 Å². The molecule has 2 aliphatic rings. The second-order valence-electron chi connectivity index (χ2n) is 9.69. The molecule has 8 heteroatoms. The Balaban J connectivity index is 1.12. The van der Waals surface area contributed by atoms with Crippen LogP contribution in [-0.4, -0.2) is 53.0 Å². The first kappa shape index (κ1) is 24.2. The van der Waals surface area contributed by atoms with Crippen molar-refractivity contribution in [1.82, 2.24) is 19.7 Å². The van der Waals surface area contributed by atoms with Gasteiger partial charge in [0, 0.05) is 32.6 Å². The van der Waals surface area contributed by atoms with Crippen LogP contribution in [0.2, 0.25) is 0 Å². The van der Waals surface area contributed by atoms with Gasteiger partial charge < -0.3 is 14.2 Å². The van der Waals surface area contributed by atoms with E-state index in [1.54, 1.807) is 12.1 Å².